The average molecular weight is 340 g/mol. The third-order valence-corrected chi connectivity index (χ3v) is 5.73. The molecule has 0 radical (unpaired) electrons. The van der Waals surface area contributed by atoms with Gasteiger partial charge in [-0.05, 0) is 12.5 Å². The van der Waals surface area contributed by atoms with Crippen LogP contribution in [0.15, 0.2) is 30.3 Å². The largest absolute Gasteiger partial charge is 0.380 e. The van der Waals surface area contributed by atoms with E-state index in [0.717, 1.165) is 11.8 Å². The maximum absolute atomic E-state index is 12.8. The summed E-state index contributed by atoms with van der Waals surface area (Å²) in [5.41, 5.74) is 1.01. The summed E-state index contributed by atoms with van der Waals surface area (Å²) in [4.78, 5) is 14.5. The van der Waals surface area contributed by atoms with Crippen LogP contribution in [0.25, 0.3) is 0 Å². The van der Waals surface area contributed by atoms with Crippen LogP contribution in [-0.4, -0.2) is 62.6 Å². The van der Waals surface area contributed by atoms with Crippen molar-refractivity contribution in [2.75, 3.05) is 27.0 Å². The van der Waals surface area contributed by atoms with Crippen molar-refractivity contribution in [3.05, 3.63) is 35.9 Å². The van der Waals surface area contributed by atoms with Crippen LogP contribution in [0.4, 0.5) is 0 Å². The molecule has 1 aliphatic rings. The predicted molar refractivity (Wildman–Crippen MR) is 88.4 cm³/mol. The number of sulfonamides is 1. The van der Waals surface area contributed by atoms with Gasteiger partial charge < -0.3 is 9.64 Å². The van der Waals surface area contributed by atoms with Gasteiger partial charge in [0.15, 0.2) is 0 Å². The van der Waals surface area contributed by atoms with E-state index in [1.807, 2.05) is 37.3 Å². The Kier molecular flexibility index (Phi) is 5.44. The highest BCUT2D eigenvalue weighted by Gasteiger charge is 2.43. The van der Waals surface area contributed by atoms with Crippen LogP contribution in [0.2, 0.25) is 0 Å². The smallest absolute Gasteiger partial charge is 0.241 e. The lowest BCUT2D eigenvalue weighted by molar-refractivity contribution is -0.135. The second kappa shape index (κ2) is 6.98. The van der Waals surface area contributed by atoms with Crippen molar-refractivity contribution in [3.63, 3.8) is 0 Å². The van der Waals surface area contributed by atoms with Crippen molar-refractivity contribution >= 4 is 15.9 Å². The number of methoxy groups -OCH3 is 1. The number of likely N-dealkylation sites (N-methyl/N-ethyl adjacent to an activating group) is 1. The Bertz CT molecular complexity index is 647. The summed E-state index contributed by atoms with van der Waals surface area (Å²) in [5, 5.41) is 0. The van der Waals surface area contributed by atoms with Gasteiger partial charge >= 0.3 is 0 Å². The fourth-order valence-corrected chi connectivity index (χ4v) is 3.99. The van der Waals surface area contributed by atoms with Gasteiger partial charge in [0.1, 0.15) is 6.04 Å². The molecular weight excluding hydrogens is 316 g/mol. The Hall–Kier alpha value is -1.44. The summed E-state index contributed by atoms with van der Waals surface area (Å²) in [7, 11) is -0.213. The number of rotatable bonds is 5. The first-order valence-electron chi connectivity index (χ1n) is 7.57. The number of amides is 1. The maximum atomic E-state index is 12.8. The molecule has 0 bridgehead atoms. The van der Waals surface area contributed by atoms with Crippen LogP contribution < -0.4 is 0 Å². The molecule has 0 N–H and O–H groups in total. The van der Waals surface area contributed by atoms with E-state index in [9.17, 15) is 13.2 Å². The number of nitrogens with zero attached hydrogens (tertiary/aromatic N) is 2. The molecule has 6 nitrogen and oxygen atoms in total. The Labute approximate surface area is 138 Å². The number of benzene rings is 1. The van der Waals surface area contributed by atoms with E-state index in [2.05, 4.69) is 0 Å². The summed E-state index contributed by atoms with van der Waals surface area (Å²) >= 11 is 0. The highest BCUT2D eigenvalue weighted by molar-refractivity contribution is 7.88. The van der Waals surface area contributed by atoms with E-state index < -0.39 is 16.1 Å². The molecule has 0 aliphatic carbocycles. The van der Waals surface area contributed by atoms with E-state index in [1.165, 1.54) is 11.4 Å². The van der Waals surface area contributed by atoms with Gasteiger partial charge in [0.25, 0.3) is 0 Å². The molecule has 1 heterocycles. The van der Waals surface area contributed by atoms with E-state index in [0.29, 0.717) is 6.42 Å². The lowest BCUT2D eigenvalue weighted by Crippen LogP contribution is -2.46. The van der Waals surface area contributed by atoms with Gasteiger partial charge in [0, 0.05) is 27.1 Å². The summed E-state index contributed by atoms with van der Waals surface area (Å²) < 4.78 is 30.5. The zero-order chi connectivity index (χ0) is 17.2. The van der Waals surface area contributed by atoms with Crippen LogP contribution in [0, 0.1) is 0 Å². The minimum absolute atomic E-state index is 0.133. The Balaban J connectivity index is 2.20. The first kappa shape index (κ1) is 17.9. The fraction of sp³-hybridized carbons (Fsp3) is 0.562. The molecule has 1 fully saturated rings. The molecule has 1 aromatic rings. The van der Waals surface area contributed by atoms with Crippen molar-refractivity contribution in [1.29, 1.82) is 0 Å². The number of carbonyl (C=O) groups is 1. The first-order valence-corrected chi connectivity index (χ1v) is 9.41. The second-order valence-electron chi connectivity index (χ2n) is 5.98. The van der Waals surface area contributed by atoms with Gasteiger partial charge in [-0.25, -0.2) is 8.42 Å². The molecule has 3 atom stereocenters. The Morgan fingerprint density at radius 2 is 1.96 bits per heavy atom. The summed E-state index contributed by atoms with van der Waals surface area (Å²) in [6.45, 7) is 2.15. The van der Waals surface area contributed by atoms with Crippen molar-refractivity contribution in [2.24, 2.45) is 0 Å². The van der Waals surface area contributed by atoms with E-state index >= 15 is 0 Å². The van der Waals surface area contributed by atoms with Gasteiger partial charge in [-0.3, -0.25) is 4.79 Å². The molecule has 128 valence electrons. The summed E-state index contributed by atoms with van der Waals surface area (Å²) in [5.74, 6) is -0.202. The van der Waals surface area contributed by atoms with Crippen LogP contribution in [-0.2, 0) is 19.6 Å². The quantitative estimate of drug-likeness (QED) is 0.809. The normalized spacial score (nSPS) is 23.7. The standard InChI is InChI=1S/C16H24N2O4S/c1-12(13-8-6-5-7-9-13)17(2)16(19)15-10-14(22-3)11-18(15)23(4,20)21/h5-9,12,14-15H,10-11H2,1-4H3/t12?,14-,15+/m0/s1. The highest BCUT2D eigenvalue weighted by atomic mass is 32.2. The minimum atomic E-state index is -3.46. The minimum Gasteiger partial charge on any atom is -0.380 e. The van der Waals surface area contributed by atoms with Crippen LogP contribution in [0.3, 0.4) is 0 Å². The van der Waals surface area contributed by atoms with Crippen molar-refractivity contribution in [2.45, 2.75) is 31.5 Å². The topological polar surface area (TPSA) is 66.9 Å². The maximum Gasteiger partial charge on any atom is 0.241 e. The first-order chi connectivity index (χ1) is 10.8. The van der Waals surface area contributed by atoms with Crippen LogP contribution >= 0.6 is 0 Å². The molecule has 0 aromatic heterocycles. The summed E-state index contributed by atoms with van der Waals surface area (Å²) in [6.07, 6.45) is 1.26. The number of ether oxygens (including phenoxy) is 1. The lowest BCUT2D eigenvalue weighted by Gasteiger charge is -2.30. The molecule has 0 spiro atoms. The van der Waals surface area contributed by atoms with Gasteiger partial charge in [-0.15, -0.1) is 0 Å². The zero-order valence-corrected chi connectivity index (χ0v) is 14.8. The van der Waals surface area contributed by atoms with Gasteiger partial charge in [0.05, 0.1) is 18.4 Å². The number of hydrogen-bond donors (Lipinski definition) is 0. The monoisotopic (exact) mass is 340 g/mol. The van der Waals surface area contributed by atoms with E-state index in [4.69, 9.17) is 4.74 Å². The summed E-state index contributed by atoms with van der Waals surface area (Å²) in [6, 6.07) is 8.83. The third kappa shape index (κ3) is 3.91. The van der Waals surface area contributed by atoms with Gasteiger partial charge in [-0.2, -0.15) is 4.31 Å². The van der Waals surface area contributed by atoms with Crippen molar-refractivity contribution in [1.82, 2.24) is 9.21 Å². The molecule has 1 saturated heterocycles. The van der Waals surface area contributed by atoms with Crippen LogP contribution in [0.5, 0.6) is 0 Å². The van der Waals surface area contributed by atoms with E-state index in [-0.39, 0.29) is 24.6 Å². The lowest BCUT2D eigenvalue weighted by atomic mass is 10.1. The molecule has 2 rings (SSSR count). The average Bonchev–Trinajstić information content (AvgIpc) is 2.98. The van der Waals surface area contributed by atoms with Gasteiger partial charge in [-0.1, -0.05) is 30.3 Å². The third-order valence-electron chi connectivity index (χ3n) is 4.47. The van der Waals surface area contributed by atoms with Gasteiger partial charge in [0.2, 0.25) is 15.9 Å². The fourth-order valence-electron chi connectivity index (χ4n) is 2.91. The van der Waals surface area contributed by atoms with Crippen LogP contribution in [0.1, 0.15) is 24.9 Å². The molecule has 1 aliphatic heterocycles. The number of carbonyl (C=O) groups excluding carboxylic acids is 1. The molecule has 1 unspecified atom stereocenters. The van der Waals surface area contributed by atoms with E-state index in [1.54, 1.807) is 11.9 Å². The zero-order valence-electron chi connectivity index (χ0n) is 14.0. The Morgan fingerprint density at radius 3 is 2.48 bits per heavy atom. The molecule has 23 heavy (non-hydrogen) atoms. The molecular formula is C16H24N2O4S. The predicted octanol–water partition coefficient (Wildman–Crippen LogP) is 1.25. The highest BCUT2D eigenvalue weighted by Crippen LogP contribution is 2.27. The second-order valence-corrected chi connectivity index (χ2v) is 7.91. The van der Waals surface area contributed by atoms with Crippen molar-refractivity contribution in [3.8, 4) is 0 Å². The molecule has 7 heteroatoms. The Morgan fingerprint density at radius 1 is 1.35 bits per heavy atom. The van der Waals surface area contributed by atoms with Crippen molar-refractivity contribution < 1.29 is 17.9 Å². The SMILES string of the molecule is CO[C@H]1C[C@H](C(=O)N(C)C(C)c2ccccc2)N(S(C)(=O)=O)C1. The molecule has 0 saturated carbocycles. The number of hydrogen-bond acceptors (Lipinski definition) is 4. The molecule has 1 aromatic carbocycles. The molecule has 1 amide bonds.